The first-order valence-electron chi connectivity index (χ1n) is 24.8. The van der Waals surface area contributed by atoms with Crippen molar-refractivity contribution in [3.8, 4) is 17.2 Å². The molecule has 4 amide bonds. The molecule has 5 heterocycles. The number of carbonyl (C=O) groups excluding carboxylic acids is 4. The number of likely N-dealkylation sites (N-methyl/N-ethyl adjacent to an activating group) is 1. The summed E-state index contributed by atoms with van der Waals surface area (Å²) < 4.78 is 30.9. The molecule has 0 unspecified atom stereocenters. The van der Waals surface area contributed by atoms with E-state index in [1.807, 2.05) is 20.0 Å². The van der Waals surface area contributed by atoms with Gasteiger partial charge in [0.25, 0.3) is 23.6 Å². The molecule has 0 bridgehead atoms. The van der Waals surface area contributed by atoms with Crippen molar-refractivity contribution in [3.05, 3.63) is 88.8 Å². The Morgan fingerprint density at radius 1 is 0.614 bits per heavy atom. The smallest absolute Gasteiger partial charge is 0.260 e. The number of amides is 4. The molecule has 1 saturated heterocycles. The Hall–Kier alpha value is -5.47. The van der Waals surface area contributed by atoms with E-state index in [1.54, 1.807) is 50.1 Å². The highest BCUT2D eigenvalue weighted by atomic mass is 28.3. The fraction of sp³-hybridized carbons (Fsp3) is 0.509. The van der Waals surface area contributed by atoms with Gasteiger partial charge >= 0.3 is 0 Å². The Morgan fingerprint density at radius 2 is 1.14 bits per heavy atom. The molecule has 3 aromatic carbocycles. The molecule has 15 nitrogen and oxygen atoms in total. The minimum Gasteiger partial charge on any atom is -0.493 e. The first-order valence-corrected chi connectivity index (χ1v) is 32.2. The van der Waals surface area contributed by atoms with Crippen molar-refractivity contribution in [2.75, 3.05) is 94.9 Å². The maximum atomic E-state index is 14.7. The number of aryl methyl sites for hydroxylation is 1. The van der Waals surface area contributed by atoms with Gasteiger partial charge in [0.2, 0.25) is 0 Å². The van der Waals surface area contributed by atoms with E-state index in [1.165, 1.54) is 7.11 Å². The molecule has 0 N–H and O–H groups in total. The number of rotatable bonds is 19. The molecule has 5 aliphatic heterocycles. The largest absolute Gasteiger partial charge is 0.493 e. The Labute approximate surface area is 415 Å². The zero-order valence-corrected chi connectivity index (χ0v) is 44.9. The van der Waals surface area contributed by atoms with Gasteiger partial charge in [-0.3, -0.25) is 29.0 Å². The number of nitrogens with zero attached hydrogens (tertiary/aromatic N) is 6. The van der Waals surface area contributed by atoms with Gasteiger partial charge in [0.05, 0.1) is 42.8 Å². The van der Waals surface area contributed by atoms with Crippen molar-refractivity contribution in [2.24, 2.45) is 0 Å². The average Bonchev–Trinajstić information content (AvgIpc) is 3.92. The molecule has 5 aliphatic rings. The van der Waals surface area contributed by atoms with Gasteiger partial charge in [-0.25, -0.2) is 0 Å². The third-order valence-corrected chi connectivity index (χ3v) is 17.2. The Balaban J connectivity index is 0.985. The van der Waals surface area contributed by atoms with E-state index in [-0.39, 0.29) is 50.3 Å². The second-order valence-corrected chi connectivity index (χ2v) is 33.0. The number of benzene rings is 3. The van der Waals surface area contributed by atoms with E-state index in [9.17, 15) is 19.2 Å². The zero-order chi connectivity index (χ0) is 50.1. The first kappa shape index (κ1) is 50.9. The molecule has 8 rings (SSSR count). The highest BCUT2D eigenvalue weighted by Gasteiger charge is 2.44. The van der Waals surface area contributed by atoms with E-state index in [2.05, 4.69) is 80.4 Å². The fourth-order valence-electron chi connectivity index (χ4n) is 9.43. The zero-order valence-electron chi connectivity index (χ0n) is 42.9. The molecule has 17 heteroatoms. The van der Waals surface area contributed by atoms with E-state index in [0.29, 0.717) is 72.2 Å². The minimum atomic E-state index is -1.43. The molecule has 0 saturated carbocycles. The van der Waals surface area contributed by atoms with Gasteiger partial charge < -0.3 is 43.3 Å². The van der Waals surface area contributed by atoms with Crippen molar-refractivity contribution >= 4 is 62.4 Å². The summed E-state index contributed by atoms with van der Waals surface area (Å²) in [6, 6.07) is 15.9. The van der Waals surface area contributed by atoms with Crippen LogP contribution in [-0.2, 0) is 19.1 Å². The van der Waals surface area contributed by atoms with Crippen molar-refractivity contribution in [3.63, 3.8) is 0 Å². The maximum absolute atomic E-state index is 14.7. The van der Waals surface area contributed by atoms with Crippen molar-refractivity contribution in [1.29, 1.82) is 0 Å². The lowest BCUT2D eigenvalue weighted by molar-refractivity contribution is -0.123. The van der Waals surface area contributed by atoms with Crippen molar-refractivity contribution in [1.82, 2.24) is 14.7 Å². The van der Waals surface area contributed by atoms with Crippen LogP contribution in [0.5, 0.6) is 17.2 Å². The lowest BCUT2D eigenvalue weighted by Gasteiger charge is -2.34. The predicted octanol–water partition coefficient (Wildman–Crippen LogP) is 8.30. The molecule has 0 aliphatic carbocycles. The molecule has 70 heavy (non-hydrogen) atoms. The van der Waals surface area contributed by atoms with Crippen LogP contribution in [0.3, 0.4) is 0 Å². The average molecular weight is 993 g/mol. The Morgan fingerprint density at radius 3 is 1.71 bits per heavy atom. The van der Waals surface area contributed by atoms with Gasteiger partial charge in [0.1, 0.15) is 31.3 Å². The van der Waals surface area contributed by atoms with Gasteiger partial charge in [0, 0.05) is 98.6 Å². The number of anilines is 3. The van der Waals surface area contributed by atoms with Crippen LogP contribution in [0.4, 0.5) is 17.1 Å². The molecule has 3 aromatic rings. The monoisotopic (exact) mass is 992 g/mol. The highest BCUT2D eigenvalue weighted by molar-refractivity contribution is 6.76. The first-order chi connectivity index (χ1) is 33.3. The third kappa shape index (κ3) is 11.3. The van der Waals surface area contributed by atoms with Crippen LogP contribution in [0, 0.1) is 6.92 Å². The molecule has 0 aromatic heterocycles. The van der Waals surface area contributed by atoms with Crippen LogP contribution in [0.1, 0.15) is 58.0 Å². The van der Waals surface area contributed by atoms with Crippen LogP contribution in [0.15, 0.2) is 66.5 Å². The summed E-state index contributed by atoms with van der Waals surface area (Å²) >= 11 is 0. The van der Waals surface area contributed by atoms with E-state index in [4.69, 9.17) is 23.7 Å². The van der Waals surface area contributed by atoms with Crippen LogP contribution in [0.25, 0.3) is 5.57 Å². The summed E-state index contributed by atoms with van der Waals surface area (Å²) in [5, 5.41) is 0. The summed E-state index contributed by atoms with van der Waals surface area (Å²) in [4.78, 5) is 68.4. The third-order valence-electron chi connectivity index (χ3n) is 13.8. The lowest BCUT2D eigenvalue weighted by atomic mass is 10.0. The lowest BCUT2D eigenvalue weighted by Crippen LogP contribution is -2.45. The number of ether oxygens (including phenoxy) is 5. The second kappa shape index (κ2) is 21.1. The number of piperazine rings is 1. The Kier molecular flexibility index (Phi) is 15.3. The molecular formula is C53H72N6O9Si2. The standard InChI is InChI=1S/C53H72N6O9Si2/c1-36-26-45-52(62)58(34-65-22-24-69(5,6)7)43-30-47(37(2)27-41(43)50(60)56(45)32-36)67-20-11-21-68-49-31-44-42(29-48(49)64-4)51(61)57-33-39(28-46(57)53(63)59(44)35-66-23-25-70(8,9)10)38-12-14-40(15-13-38)55-18-16-54(3)17-19-55/h12-15,27,29-33,45-46H,11,16-26,28,34-35H2,1-10H3/t45-,46-/m0/s1. The van der Waals surface area contributed by atoms with Gasteiger partial charge in [-0.1, -0.05) is 57.0 Å². The highest BCUT2D eigenvalue weighted by Crippen LogP contribution is 2.43. The van der Waals surface area contributed by atoms with E-state index >= 15 is 0 Å². The van der Waals surface area contributed by atoms with Crippen LogP contribution in [-0.4, -0.2) is 147 Å². The fourth-order valence-corrected chi connectivity index (χ4v) is 10.9. The van der Waals surface area contributed by atoms with Gasteiger partial charge in [-0.2, -0.15) is 0 Å². The SMILES string of the molecule is COc1cc2c(cc1OCCCOc1cc3c(cc1C)C(=O)N1C=C(C)C[C@H]1C(=O)N3COCC[Si](C)(C)C)N(COCC[Si](C)(C)C)C(=O)[C@@H]1CC(c3ccc(N4CCN(C)CC4)cc3)=CN1C2=O. The molecule has 0 spiro atoms. The molecule has 2 atom stereocenters. The molecular weight excluding hydrogens is 921 g/mol. The number of methoxy groups -OCH3 is 1. The van der Waals surface area contributed by atoms with Crippen molar-refractivity contribution in [2.45, 2.75) is 96.6 Å². The van der Waals surface area contributed by atoms with Gasteiger partial charge in [0.15, 0.2) is 11.5 Å². The normalized spacial score (nSPS) is 19.7. The summed E-state index contributed by atoms with van der Waals surface area (Å²) in [5.41, 5.74) is 6.41. The van der Waals surface area contributed by atoms with E-state index < -0.39 is 28.2 Å². The van der Waals surface area contributed by atoms with Crippen molar-refractivity contribution < 1.29 is 42.9 Å². The summed E-state index contributed by atoms with van der Waals surface area (Å²) in [7, 11) is 0.867. The maximum Gasteiger partial charge on any atom is 0.260 e. The van der Waals surface area contributed by atoms with Crippen LogP contribution in [0.2, 0.25) is 51.4 Å². The van der Waals surface area contributed by atoms with Crippen LogP contribution >= 0.6 is 0 Å². The molecule has 0 radical (unpaired) electrons. The second-order valence-electron chi connectivity index (χ2n) is 21.8. The summed E-state index contributed by atoms with van der Waals surface area (Å²) in [6.45, 7) is 23.0. The number of fused-ring (bicyclic) bond motifs is 4. The summed E-state index contributed by atoms with van der Waals surface area (Å²) in [6.07, 6.45) is 4.91. The topological polar surface area (TPSA) is 134 Å². The Bertz CT molecular complexity index is 2530. The van der Waals surface area contributed by atoms with Crippen LogP contribution < -0.4 is 28.9 Å². The number of hydrogen-bond acceptors (Lipinski definition) is 11. The number of carbonyl (C=O) groups is 4. The quantitative estimate of drug-likeness (QED) is 0.0849. The molecule has 1 fully saturated rings. The van der Waals surface area contributed by atoms with E-state index in [0.717, 1.165) is 66.2 Å². The minimum absolute atomic E-state index is 0.0169. The predicted molar refractivity (Wildman–Crippen MR) is 280 cm³/mol. The molecule has 376 valence electrons. The number of hydrogen-bond donors (Lipinski definition) is 0. The van der Waals surface area contributed by atoms with Gasteiger partial charge in [-0.15, -0.1) is 0 Å². The summed E-state index contributed by atoms with van der Waals surface area (Å²) in [5.74, 6) is 0.337. The van der Waals surface area contributed by atoms with Gasteiger partial charge in [-0.05, 0) is 80.4 Å².